The maximum absolute atomic E-state index is 12.3. The standard InChI is InChI=1S/C13H21F3N6O.HI/c1-3-17-12(18-6-10(23)13(14,15)16)20-9-4-5-11-19-8(2)21-22(11)7-9;/h9-10,23H,3-7H2,1-2H3,(H2,17,18,20);1H. The Bertz CT molecular complexity index is 562. The van der Waals surface area contributed by atoms with Crippen LogP contribution in [0.15, 0.2) is 4.99 Å². The molecule has 0 spiro atoms. The fraction of sp³-hybridized carbons (Fsp3) is 0.769. The normalized spacial score (nSPS) is 19.2. The van der Waals surface area contributed by atoms with Crippen molar-refractivity contribution >= 4 is 29.9 Å². The number of aliphatic hydroxyl groups excluding tert-OH is 1. The van der Waals surface area contributed by atoms with Crippen molar-refractivity contribution in [1.29, 1.82) is 0 Å². The Morgan fingerprint density at radius 3 is 2.83 bits per heavy atom. The van der Waals surface area contributed by atoms with Gasteiger partial charge in [0.2, 0.25) is 0 Å². The number of rotatable bonds is 4. The van der Waals surface area contributed by atoms with Gasteiger partial charge in [0, 0.05) is 19.0 Å². The largest absolute Gasteiger partial charge is 0.416 e. The SMILES string of the molecule is CCNC(=NCC(O)C(F)(F)F)NC1CCc2nc(C)nn2C1.I. The molecule has 0 radical (unpaired) electrons. The van der Waals surface area contributed by atoms with Gasteiger partial charge < -0.3 is 15.7 Å². The fourth-order valence-corrected chi connectivity index (χ4v) is 2.35. The minimum atomic E-state index is -4.67. The van der Waals surface area contributed by atoms with Crippen LogP contribution in [0.25, 0.3) is 0 Å². The van der Waals surface area contributed by atoms with Crippen molar-refractivity contribution in [2.24, 2.45) is 4.99 Å². The molecule has 1 aromatic rings. The number of fused-ring (bicyclic) bond motifs is 1. The summed E-state index contributed by atoms with van der Waals surface area (Å²) in [6.45, 7) is 3.98. The van der Waals surface area contributed by atoms with Crippen molar-refractivity contribution in [3.63, 3.8) is 0 Å². The molecular formula is C13H22F3IN6O. The monoisotopic (exact) mass is 462 g/mol. The first-order valence-electron chi connectivity index (χ1n) is 7.49. The number of halogens is 4. The summed E-state index contributed by atoms with van der Waals surface area (Å²) in [5, 5.41) is 19.3. The Balaban J connectivity index is 0.00000288. The van der Waals surface area contributed by atoms with Crippen LogP contribution >= 0.6 is 24.0 Å². The van der Waals surface area contributed by atoms with Crippen molar-refractivity contribution in [3.8, 4) is 0 Å². The van der Waals surface area contributed by atoms with E-state index >= 15 is 0 Å². The molecule has 0 aromatic carbocycles. The molecule has 2 unspecified atom stereocenters. The first-order chi connectivity index (χ1) is 10.8. The number of hydrogen-bond donors (Lipinski definition) is 3. The number of aliphatic hydroxyl groups is 1. The van der Waals surface area contributed by atoms with Crippen LogP contribution in [0.2, 0.25) is 0 Å². The molecule has 0 bridgehead atoms. The van der Waals surface area contributed by atoms with Crippen LogP contribution in [0.3, 0.4) is 0 Å². The third kappa shape index (κ3) is 5.76. The molecule has 1 aliphatic heterocycles. The first-order valence-corrected chi connectivity index (χ1v) is 7.49. The third-order valence-corrected chi connectivity index (χ3v) is 3.45. The maximum Gasteiger partial charge on any atom is 0.416 e. The lowest BCUT2D eigenvalue weighted by Gasteiger charge is -2.25. The molecule has 24 heavy (non-hydrogen) atoms. The van der Waals surface area contributed by atoms with E-state index in [9.17, 15) is 13.2 Å². The van der Waals surface area contributed by atoms with Gasteiger partial charge in [0.1, 0.15) is 11.6 Å². The minimum absolute atomic E-state index is 0. The second-order valence-electron chi connectivity index (χ2n) is 5.41. The highest BCUT2D eigenvalue weighted by molar-refractivity contribution is 14.0. The van der Waals surface area contributed by atoms with Gasteiger partial charge in [-0.15, -0.1) is 24.0 Å². The molecule has 0 amide bonds. The Morgan fingerprint density at radius 2 is 2.21 bits per heavy atom. The smallest absolute Gasteiger partial charge is 0.382 e. The van der Waals surface area contributed by atoms with Crippen LogP contribution < -0.4 is 10.6 Å². The summed E-state index contributed by atoms with van der Waals surface area (Å²) < 4.78 is 38.8. The lowest BCUT2D eigenvalue weighted by atomic mass is 10.1. The molecule has 7 nitrogen and oxygen atoms in total. The summed E-state index contributed by atoms with van der Waals surface area (Å²) in [7, 11) is 0. The van der Waals surface area contributed by atoms with Gasteiger partial charge in [-0.1, -0.05) is 0 Å². The summed E-state index contributed by atoms with van der Waals surface area (Å²) in [4.78, 5) is 8.12. The van der Waals surface area contributed by atoms with Gasteiger partial charge in [0.05, 0.1) is 13.1 Å². The Kier molecular flexibility index (Phi) is 7.70. The molecule has 2 rings (SSSR count). The van der Waals surface area contributed by atoms with E-state index in [0.717, 1.165) is 18.7 Å². The van der Waals surface area contributed by atoms with E-state index in [2.05, 4.69) is 25.7 Å². The van der Waals surface area contributed by atoms with Gasteiger partial charge >= 0.3 is 6.18 Å². The third-order valence-electron chi connectivity index (χ3n) is 3.45. The zero-order chi connectivity index (χ0) is 17.0. The molecule has 3 N–H and O–H groups in total. The van der Waals surface area contributed by atoms with Crippen molar-refractivity contribution in [2.75, 3.05) is 13.1 Å². The number of hydrogen-bond acceptors (Lipinski definition) is 4. The van der Waals surface area contributed by atoms with Crippen LogP contribution in [0.5, 0.6) is 0 Å². The van der Waals surface area contributed by atoms with Crippen molar-refractivity contribution in [2.45, 2.75) is 51.6 Å². The predicted octanol–water partition coefficient (Wildman–Crippen LogP) is 0.998. The molecule has 11 heteroatoms. The van der Waals surface area contributed by atoms with E-state index in [1.807, 2.05) is 13.8 Å². The summed E-state index contributed by atoms with van der Waals surface area (Å²) >= 11 is 0. The lowest BCUT2D eigenvalue weighted by Crippen LogP contribution is -2.47. The molecule has 0 saturated heterocycles. The van der Waals surface area contributed by atoms with Crippen molar-refractivity contribution in [1.82, 2.24) is 25.4 Å². The molecule has 0 fully saturated rings. The summed E-state index contributed by atoms with van der Waals surface area (Å²) in [6.07, 6.45) is -5.61. The average molecular weight is 462 g/mol. The van der Waals surface area contributed by atoms with Crippen LogP contribution in [0, 0.1) is 6.92 Å². The molecule has 1 aliphatic rings. The van der Waals surface area contributed by atoms with Crippen LogP contribution in [-0.4, -0.2) is 57.2 Å². The van der Waals surface area contributed by atoms with Gasteiger partial charge in [0.15, 0.2) is 12.1 Å². The Labute approximate surface area is 155 Å². The zero-order valence-electron chi connectivity index (χ0n) is 13.5. The zero-order valence-corrected chi connectivity index (χ0v) is 15.8. The number of nitrogens with zero attached hydrogens (tertiary/aromatic N) is 4. The van der Waals surface area contributed by atoms with Gasteiger partial charge in [0.25, 0.3) is 0 Å². The van der Waals surface area contributed by atoms with E-state index in [-0.39, 0.29) is 36.0 Å². The second-order valence-corrected chi connectivity index (χ2v) is 5.41. The highest BCUT2D eigenvalue weighted by Crippen LogP contribution is 2.20. The van der Waals surface area contributed by atoms with Gasteiger partial charge in [-0.2, -0.15) is 18.3 Å². The van der Waals surface area contributed by atoms with Gasteiger partial charge in [-0.25, -0.2) is 9.67 Å². The number of alkyl halides is 3. The number of aromatic nitrogens is 3. The highest BCUT2D eigenvalue weighted by atomic mass is 127. The molecular weight excluding hydrogens is 440 g/mol. The predicted molar refractivity (Wildman–Crippen MR) is 93.5 cm³/mol. The topological polar surface area (TPSA) is 87.4 Å². The summed E-state index contributed by atoms with van der Waals surface area (Å²) in [5.41, 5.74) is 0. The fourth-order valence-electron chi connectivity index (χ4n) is 2.35. The first kappa shape index (κ1) is 20.9. The lowest BCUT2D eigenvalue weighted by molar-refractivity contribution is -0.199. The van der Waals surface area contributed by atoms with Gasteiger partial charge in [-0.3, -0.25) is 4.99 Å². The quantitative estimate of drug-likeness (QED) is 0.353. The van der Waals surface area contributed by atoms with E-state index in [1.165, 1.54) is 0 Å². The Morgan fingerprint density at radius 1 is 1.50 bits per heavy atom. The molecule has 2 heterocycles. The summed E-state index contributed by atoms with van der Waals surface area (Å²) in [6, 6.07) is -0.00979. The molecule has 0 saturated carbocycles. The van der Waals surface area contributed by atoms with E-state index < -0.39 is 18.8 Å². The highest BCUT2D eigenvalue weighted by Gasteiger charge is 2.38. The number of nitrogens with one attached hydrogen (secondary N) is 2. The minimum Gasteiger partial charge on any atom is -0.382 e. The molecule has 2 atom stereocenters. The molecule has 0 aliphatic carbocycles. The maximum atomic E-state index is 12.3. The summed E-state index contributed by atoms with van der Waals surface area (Å²) in [5.74, 6) is 1.87. The van der Waals surface area contributed by atoms with E-state index in [0.29, 0.717) is 18.9 Å². The van der Waals surface area contributed by atoms with Crippen LogP contribution in [-0.2, 0) is 13.0 Å². The number of guanidine groups is 1. The molecule has 138 valence electrons. The second kappa shape index (κ2) is 8.83. The van der Waals surface area contributed by atoms with E-state index in [1.54, 1.807) is 4.68 Å². The van der Waals surface area contributed by atoms with Crippen LogP contribution in [0.1, 0.15) is 25.0 Å². The number of aryl methyl sites for hydroxylation is 2. The van der Waals surface area contributed by atoms with E-state index in [4.69, 9.17) is 5.11 Å². The van der Waals surface area contributed by atoms with Gasteiger partial charge in [-0.05, 0) is 20.3 Å². The number of aliphatic imine (C=N–C) groups is 1. The van der Waals surface area contributed by atoms with Crippen molar-refractivity contribution in [3.05, 3.63) is 11.6 Å². The van der Waals surface area contributed by atoms with Crippen molar-refractivity contribution < 1.29 is 18.3 Å². The Hall–Kier alpha value is -1.11. The van der Waals surface area contributed by atoms with Crippen LogP contribution in [0.4, 0.5) is 13.2 Å². The molecule has 1 aromatic heterocycles. The average Bonchev–Trinajstić information content (AvgIpc) is 2.83.